The highest BCUT2D eigenvalue weighted by atomic mass is 35.5. The van der Waals surface area contributed by atoms with Crippen LogP contribution in [0.5, 0.6) is 11.5 Å². The standard InChI is InChI=1S/C19H20ClN3O4.ClH/c20-13-3-10-18(17(11-13)23(25)26)27-16-8-1-12(2-9-16)19(24)22-15-6-4-14(21)5-7-15;/h1-3,8-11,14-15H,4-7,21H2,(H,22,24);1H. The van der Waals surface area contributed by atoms with E-state index in [1.165, 1.54) is 18.2 Å². The molecule has 1 aliphatic rings. The van der Waals surface area contributed by atoms with Gasteiger partial charge in [0.15, 0.2) is 0 Å². The number of rotatable bonds is 5. The summed E-state index contributed by atoms with van der Waals surface area (Å²) in [6, 6.07) is 11.0. The number of ether oxygens (including phenoxy) is 1. The van der Waals surface area contributed by atoms with E-state index >= 15 is 0 Å². The molecule has 0 radical (unpaired) electrons. The summed E-state index contributed by atoms with van der Waals surface area (Å²) < 4.78 is 5.58. The number of amides is 1. The summed E-state index contributed by atoms with van der Waals surface area (Å²) in [7, 11) is 0. The SMILES string of the molecule is Cl.NC1CCC(NC(=O)c2ccc(Oc3ccc(Cl)cc3[N+](=O)[O-])cc2)CC1. The molecule has 1 saturated carbocycles. The molecule has 0 saturated heterocycles. The van der Waals surface area contributed by atoms with Crippen LogP contribution in [-0.4, -0.2) is 22.9 Å². The Morgan fingerprint density at radius 2 is 1.79 bits per heavy atom. The van der Waals surface area contributed by atoms with Crippen molar-refractivity contribution >= 4 is 35.6 Å². The molecular weight excluding hydrogens is 405 g/mol. The highest BCUT2D eigenvalue weighted by molar-refractivity contribution is 6.30. The predicted molar refractivity (Wildman–Crippen MR) is 110 cm³/mol. The molecule has 1 fully saturated rings. The molecular formula is C19H21Cl2N3O4. The number of carbonyl (C=O) groups excluding carboxylic acids is 1. The number of carbonyl (C=O) groups is 1. The maximum atomic E-state index is 12.4. The summed E-state index contributed by atoms with van der Waals surface area (Å²) >= 11 is 5.80. The van der Waals surface area contributed by atoms with Crippen molar-refractivity contribution in [3.8, 4) is 11.5 Å². The highest BCUT2D eigenvalue weighted by Gasteiger charge is 2.21. The summed E-state index contributed by atoms with van der Waals surface area (Å²) in [5.41, 5.74) is 6.16. The van der Waals surface area contributed by atoms with Gasteiger partial charge in [-0.2, -0.15) is 0 Å². The Morgan fingerprint density at radius 3 is 2.39 bits per heavy atom. The van der Waals surface area contributed by atoms with Crippen molar-refractivity contribution in [2.45, 2.75) is 37.8 Å². The van der Waals surface area contributed by atoms with E-state index in [0.717, 1.165) is 25.7 Å². The minimum Gasteiger partial charge on any atom is -0.450 e. The first kappa shape index (κ1) is 21.9. The van der Waals surface area contributed by atoms with Gasteiger partial charge in [-0.15, -0.1) is 12.4 Å². The maximum absolute atomic E-state index is 12.4. The van der Waals surface area contributed by atoms with Gasteiger partial charge >= 0.3 is 5.69 Å². The van der Waals surface area contributed by atoms with Crippen molar-refractivity contribution in [1.82, 2.24) is 5.32 Å². The van der Waals surface area contributed by atoms with E-state index in [-0.39, 0.29) is 46.9 Å². The quantitative estimate of drug-likeness (QED) is 0.542. The van der Waals surface area contributed by atoms with E-state index in [2.05, 4.69) is 5.32 Å². The van der Waals surface area contributed by atoms with Crippen LogP contribution in [0.1, 0.15) is 36.0 Å². The van der Waals surface area contributed by atoms with Crippen LogP contribution in [0.15, 0.2) is 42.5 Å². The van der Waals surface area contributed by atoms with Crippen LogP contribution >= 0.6 is 24.0 Å². The van der Waals surface area contributed by atoms with Gasteiger partial charge in [0.2, 0.25) is 5.75 Å². The van der Waals surface area contributed by atoms with Gasteiger partial charge in [-0.1, -0.05) is 11.6 Å². The third-order valence-electron chi connectivity index (χ3n) is 4.57. The summed E-state index contributed by atoms with van der Waals surface area (Å²) in [6.45, 7) is 0. The molecule has 0 heterocycles. The molecule has 28 heavy (non-hydrogen) atoms. The van der Waals surface area contributed by atoms with Crippen molar-refractivity contribution < 1.29 is 14.5 Å². The van der Waals surface area contributed by atoms with Crippen LogP contribution in [-0.2, 0) is 0 Å². The van der Waals surface area contributed by atoms with Crippen molar-refractivity contribution in [1.29, 1.82) is 0 Å². The van der Waals surface area contributed by atoms with Gasteiger partial charge in [0.25, 0.3) is 5.91 Å². The zero-order chi connectivity index (χ0) is 19.4. The number of hydrogen-bond acceptors (Lipinski definition) is 5. The van der Waals surface area contributed by atoms with Crippen LogP contribution in [0.4, 0.5) is 5.69 Å². The van der Waals surface area contributed by atoms with E-state index in [1.807, 2.05) is 0 Å². The lowest BCUT2D eigenvalue weighted by Crippen LogP contribution is -2.40. The number of nitrogens with two attached hydrogens (primary N) is 1. The molecule has 3 rings (SSSR count). The predicted octanol–water partition coefficient (Wildman–Crippen LogP) is 4.46. The Labute approximate surface area is 173 Å². The molecule has 0 unspecified atom stereocenters. The van der Waals surface area contributed by atoms with E-state index in [9.17, 15) is 14.9 Å². The molecule has 0 aliphatic heterocycles. The molecule has 1 aliphatic carbocycles. The van der Waals surface area contributed by atoms with Gasteiger partial charge in [-0.3, -0.25) is 14.9 Å². The highest BCUT2D eigenvalue weighted by Crippen LogP contribution is 2.33. The fourth-order valence-electron chi connectivity index (χ4n) is 3.05. The Hall–Kier alpha value is -2.35. The fraction of sp³-hybridized carbons (Fsp3) is 0.316. The Morgan fingerprint density at radius 1 is 1.14 bits per heavy atom. The van der Waals surface area contributed by atoms with E-state index in [0.29, 0.717) is 11.3 Å². The number of nitro groups is 1. The summed E-state index contributed by atoms with van der Waals surface area (Å²) in [4.78, 5) is 22.9. The van der Waals surface area contributed by atoms with Crippen LogP contribution in [0.3, 0.4) is 0 Å². The first-order chi connectivity index (χ1) is 12.9. The number of hydrogen-bond donors (Lipinski definition) is 2. The van der Waals surface area contributed by atoms with Gasteiger partial charge < -0.3 is 15.8 Å². The Balaban J connectivity index is 0.00000280. The number of benzene rings is 2. The van der Waals surface area contributed by atoms with Crippen molar-refractivity contribution in [3.63, 3.8) is 0 Å². The molecule has 7 nitrogen and oxygen atoms in total. The number of nitrogens with zero attached hydrogens (tertiary/aromatic N) is 1. The zero-order valence-electron chi connectivity index (χ0n) is 15.0. The second-order valence-electron chi connectivity index (χ2n) is 6.58. The first-order valence-corrected chi connectivity index (χ1v) is 9.08. The molecule has 1 amide bonds. The average Bonchev–Trinajstić information content (AvgIpc) is 2.65. The first-order valence-electron chi connectivity index (χ1n) is 8.70. The van der Waals surface area contributed by atoms with Crippen LogP contribution in [0.2, 0.25) is 5.02 Å². The largest absolute Gasteiger partial charge is 0.450 e. The molecule has 3 N–H and O–H groups in total. The topological polar surface area (TPSA) is 107 Å². The number of nitrogens with one attached hydrogen (secondary N) is 1. The van der Waals surface area contributed by atoms with E-state index in [1.54, 1.807) is 24.3 Å². The van der Waals surface area contributed by atoms with Gasteiger partial charge in [-0.25, -0.2) is 0 Å². The second-order valence-corrected chi connectivity index (χ2v) is 7.02. The normalized spacial score (nSPS) is 18.6. The number of nitro benzene ring substituents is 1. The molecule has 0 spiro atoms. The number of halogens is 2. The lowest BCUT2D eigenvalue weighted by Gasteiger charge is -2.26. The molecule has 150 valence electrons. The molecule has 2 aromatic carbocycles. The molecule has 0 aromatic heterocycles. The molecule has 0 bridgehead atoms. The van der Waals surface area contributed by atoms with Gasteiger partial charge in [0.05, 0.1) is 4.92 Å². The molecule has 0 atom stereocenters. The summed E-state index contributed by atoms with van der Waals surface area (Å²) in [5, 5.41) is 14.4. The second kappa shape index (κ2) is 9.73. The lowest BCUT2D eigenvalue weighted by atomic mass is 9.91. The smallest absolute Gasteiger partial charge is 0.313 e. The molecule has 9 heteroatoms. The van der Waals surface area contributed by atoms with Crippen LogP contribution in [0.25, 0.3) is 0 Å². The maximum Gasteiger partial charge on any atom is 0.313 e. The van der Waals surface area contributed by atoms with Gasteiger partial charge in [0.1, 0.15) is 5.75 Å². The monoisotopic (exact) mass is 425 g/mol. The third kappa shape index (κ3) is 5.58. The minimum absolute atomic E-state index is 0. The molecule has 2 aromatic rings. The summed E-state index contributed by atoms with van der Waals surface area (Å²) in [5.74, 6) is 0.320. The van der Waals surface area contributed by atoms with E-state index in [4.69, 9.17) is 22.1 Å². The van der Waals surface area contributed by atoms with Gasteiger partial charge in [-0.05, 0) is 62.1 Å². The van der Waals surface area contributed by atoms with Crippen molar-refractivity contribution in [3.05, 3.63) is 63.2 Å². The minimum atomic E-state index is -0.556. The Kier molecular flexibility index (Phi) is 7.62. The fourth-order valence-corrected chi connectivity index (χ4v) is 3.22. The Bertz CT molecular complexity index is 838. The average molecular weight is 426 g/mol. The van der Waals surface area contributed by atoms with Crippen LogP contribution in [0, 0.1) is 10.1 Å². The van der Waals surface area contributed by atoms with Crippen molar-refractivity contribution in [2.75, 3.05) is 0 Å². The van der Waals surface area contributed by atoms with Crippen LogP contribution < -0.4 is 15.8 Å². The van der Waals surface area contributed by atoms with Crippen molar-refractivity contribution in [2.24, 2.45) is 5.73 Å². The third-order valence-corrected chi connectivity index (χ3v) is 4.80. The lowest BCUT2D eigenvalue weighted by molar-refractivity contribution is -0.385. The van der Waals surface area contributed by atoms with E-state index < -0.39 is 4.92 Å². The zero-order valence-corrected chi connectivity index (χ0v) is 16.5. The summed E-state index contributed by atoms with van der Waals surface area (Å²) in [6.07, 6.45) is 3.60. The van der Waals surface area contributed by atoms with Gasteiger partial charge in [0, 0.05) is 28.7 Å².